The topological polar surface area (TPSA) is 71.6 Å². The number of fused-ring (bicyclic) bond motifs is 2. The van der Waals surface area contributed by atoms with Gasteiger partial charge in [0.1, 0.15) is 5.82 Å². The van der Waals surface area contributed by atoms with Crippen LogP contribution in [0.2, 0.25) is 5.02 Å². The number of aromatic nitrogens is 1. The molecule has 1 amide bonds. The largest absolute Gasteiger partial charge is 0.454 e. The third-order valence-electron chi connectivity index (χ3n) is 5.45. The SMILES string of the molecule is O=C(c1ccccc1F)N(Cc1ccc(Cl)cc1)Cc1cc2cc3c(cc2[nH]c1=O)OCO3. The lowest BCUT2D eigenvalue weighted by Crippen LogP contribution is -2.33. The molecule has 0 unspecified atom stereocenters. The van der Waals surface area contributed by atoms with Crippen molar-refractivity contribution < 1.29 is 18.7 Å². The first-order valence-electron chi connectivity index (χ1n) is 10.2. The summed E-state index contributed by atoms with van der Waals surface area (Å²) in [7, 11) is 0. The molecular weight excluding hydrogens is 447 g/mol. The van der Waals surface area contributed by atoms with Crippen LogP contribution in [-0.2, 0) is 13.1 Å². The van der Waals surface area contributed by atoms with Gasteiger partial charge in [-0.2, -0.15) is 0 Å². The van der Waals surface area contributed by atoms with E-state index in [0.29, 0.717) is 27.6 Å². The van der Waals surface area contributed by atoms with E-state index >= 15 is 0 Å². The van der Waals surface area contributed by atoms with Crippen molar-refractivity contribution in [1.82, 2.24) is 9.88 Å². The molecule has 5 rings (SSSR count). The minimum absolute atomic E-state index is 0.0183. The lowest BCUT2D eigenvalue weighted by molar-refractivity contribution is 0.0724. The Labute approximate surface area is 193 Å². The van der Waals surface area contributed by atoms with Crippen LogP contribution in [0.4, 0.5) is 4.39 Å². The molecule has 0 aliphatic carbocycles. The smallest absolute Gasteiger partial charge is 0.257 e. The van der Waals surface area contributed by atoms with E-state index in [2.05, 4.69) is 4.98 Å². The predicted octanol–water partition coefficient (Wildman–Crippen LogP) is 4.89. The molecule has 2 heterocycles. The monoisotopic (exact) mass is 464 g/mol. The molecule has 6 nitrogen and oxygen atoms in total. The minimum Gasteiger partial charge on any atom is -0.454 e. The van der Waals surface area contributed by atoms with Crippen molar-refractivity contribution in [2.75, 3.05) is 6.79 Å². The predicted molar refractivity (Wildman–Crippen MR) is 122 cm³/mol. The second kappa shape index (κ2) is 8.60. The van der Waals surface area contributed by atoms with Gasteiger partial charge in [-0.3, -0.25) is 9.59 Å². The van der Waals surface area contributed by atoms with Gasteiger partial charge in [0, 0.05) is 28.6 Å². The molecule has 166 valence electrons. The van der Waals surface area contributed by atoms with Crippen LogP contribution >= 0.6 is 11.6 Å². The molecule has 8 heteroatoms. The summed E-state index contributed by atoms with van der Waals surface area (Å²) in [5.41, 5.74) is 1.35. The first-order valence-corrected chi connectivity index (χ1v) is 10.6. The highest BCUT2D eigenvalue weighted by atomic mass is 35.5. The number of carbonyl (C=O) groups excluding carboxylic acids is 1. The summed E-state index contributed by atoms with van der Waals surface area (Å²) < 4.78 is 25.2. The van der Waals surface area contributed by atoms with E-state index < -0.39 is 11.7 Å². The maximum absolute atomic E-state index is 14.4. The summed E-state index contributed by atoms with van der Waals surface area (Å²) in [4.78, 5) is 30.4. The second-order valence-electron chi connectivity index (χ2n) is 7.68. The average Bonchev–Trinajstić information content (AvgIpc) is 3.26. The van der Waals surface area contributed by atoms with Gasteiger partial charge < -0.3 is 19.4 Å². The zero-order chi connectivity index (χ0) is 22.9. The van der Waals surface area contributed by atoms with E-state index in [1.807, 2.05) is 0 Å². The number of aromatic amines is 1. The molecule has 4 aromatic rings. The molecule has 3 aromatic carbocycles. The van der Waals surface area contributed by atoms with Crippen molar-refractivity contribution in [3.8, 4) is 11.5 Å². The first-order chi connectivity index (χ1) is 16.0. The van der Waals surface area contributed by atoms with E-state index in [1.54, 1.807) is 48.5 Å². The standard InChI is InChI=1S/C25H18ClFN2O4/c26-18-7-5-15(6-8-18)12-29(25(31)19-3-1-2-4-20(19)27)13-17-9-16-10-22-23(33-14-32-22)11-21(16)28-24(17)30/h1-11H,12-14H2,(H,28,30). The molecule has 1 aromatic heterocycles. The van der Waals surface area contributed by atoms with Gasteiger partial charge in [-0.15, -0.1) is 0 Å². The molecule has 0 saturated carbocycles. The fourth-order valence-electron chi connectivity index (χ4n) is 3.78. The number of H-pyrrole nitrogens is 1. The van der Waals surface area contributed by atoms with Gasteiger partial charge in [-0.25, -0.2) is 4.39 Å². The Kier molecular flexibility index (Phi) is 5.48. The summed E-state index contributed by atoms with van der Waals surface area (Å²) in [5, 5.41) is 1.30. The van der Waals surface area contributed by atoms with Crippen molar-refractivity contribution in [3.63, 3.8) is 0 Å². The van der Waals surface area contributed by atoms with Crippen molar-refractivity contribution in [2.45, 2.75) is 13.1 Å². The molecule has 0 fully saturated rings. The summed E-state index contributed by atoms with van der Waals surface area (Å²) in [6.07, 6.45) is 0. The summed E-state index contributed by atoms with van der Waals surface area (Å²) in [6, 6.07) is 18.0. The zero-order valence-electron chi connectivity index (χ0n) is 17.3. The molecule has 1 aliphatic heterocycles. The fourth-order valence-corrected chi connectivity index (χ4v) is 3.90. The van der Waals surface area contributed by atoms with Crippen molar-refractivity contribution in [1.29, 1.82) is 0 Å². The van der Waals surface area contributed by atoms with E-state index in [1.165, 1.54) is 23.1 Å². The van der Waals surface area contributed by atoms with E-state index in [-0.39, 0.29) is 31.0 Å². The molecule has 33 heavy (non-hydrogen) atoms. The maximum atomic E-state index is 14.4. The van der Waals surface area contributed by atoms with E-state index in [9.17, 15) is 14.0 Å². The molecule has 1 N–H and O–H groups in total. The lowest BCUT2D eigenvalue weighted by Gasteiger charge is -2.23. The molecule has 0 bridgehead atoms. The number of hydrogen-bond donors (Lipinski definition) is 1. The van der Waals surface area contributed by atoms with Crippen molar-refractivity contribution >= 4 is 28.4 Å². The molecule has 1 aliphatic rings. The number of pyridine rings is 1. The number of carbonyl (C=O) groups is 1. The molecular formula is C25H18ClFN2O4. The van der Waals surface area contributed by atoms with Crippen molar-refractivity contribution in [3.05, 3.63) is 105 Å². The fraction of sp³-hybridized carbons (Fsp3) is 0.120. The normalized spacial score (nSPS) is 12.2. The van der Waals surface area contributed by atoms with Crippen LogP contribution in [0.25, 0.3) is 10.9 Å². The van der Waals surface area contributed by atoms with Crippen LogP contribution in [0.3, 0.4) is 0 Å². The number of nitrogens with one attached hydrogen (secondary N) is 1. The summed E-state index contributed by atoms with van der Waals surface area (Å²) >= 11 is 5.98. The Morgan fingerprint density at radius 1 is 1.00 bits per heavy atom. The first kappa shape index (κ1) is 21.0. The third kappa shape index (κ3) is 4.27. The highest BCUT2D eigenvalue weighted by Crippen LogP contribution is 2.35. The third-order valence-corrected chi connectivity index (χ3v) is 5.71. The van der Waals surface area contributed by atoms with Crippen LogP contribution in [0.15, 0.2) is 71.5 Å². The number of benzene rings is 3. The molecule has 0 radical (unpaired) electrons. The molecule has 0 atom stereocenters. The van der Waals surface area contributed by atoms with Crippen LogP contribution in [0.1, 0.15) is 21.5 Å². The van der Waals surface area contributed by atoms with Gasteiger partial charge in [-0.1, -0.05) is 35.9 Å². The highest BCUT2D eigenvalue weighted by Gasteiger charge is 2.22. The number of ether oxygens (including phenoxy) is 2. The van der Waals surface area contributed by atoms with Crippen LogP contribution in [-0.4, -0.2) is 22.6 Å². The summed E-state index contributed by atoms with van der Waals surface area (Å²) in [5.74, 6) is 0.00270. The lowest BCUT2D eigenvalue weighted by atomic mass is 10.1. The Balaban J connectivity index is 1.52. The number of nitrogens with zero attached hydrogens (tertiary/aromatic N) is 1. The Bertz CT molecular complexity index is 1420. The number of halogens is 2. The zero-order valence-corrected chi connectivity index (χ0v) is 18.1. The molecule has 0 spiro atoms. The van der Waals surface area contributed by atoms with Gasteiger partial charge in [-0.05, 0) is 42.0 Å². The second-order valence-corrected chi connectivity index (χ2v) is 8.12. The van der Waals surface area contributed by atoms with Gasteiger partial charge in [0.05, 0.1) is 17.6 Å². The van der Waals surface area contributed by atoms with Gasteiger partial charge in [0.2, 0.25) is 6.79 Å². The van der Waals surface area contributed by atoms with Crippen LogP contribution in [0, 0.1) is 5.82 Å². The summed E-state index contributed by atoms with van der Waals surface area (Å²) in [6.45, 7) is 0.271. The van der Waals surface area contributed by atoms with Crippen molar-refractivity contribution in [2.24, 2.45) is 0 Å². The average molecular weight is 465 g/mol. The number of rotatable bonds is 5. The minimum atomic E-state index is -0.622. The van der Waals surface area contributed by atoms with Crippen LogP contribution in [0.5, 0.6) is 11.5 Å². The van der Waals surface area contributed by atoms with Crippen LogP contribution < -0.4 is 15.0 Å². The Hall–Kier alpha value is -3.84. The quantitative estimate of drug-likeness (QED) is 0.456. The maximum Gasteiger partial charge on any atom is 0.257 e. The van der Waals surface area contributed by atoms with E-state index in [4.69, 9.17) is 21.1 Å². The Morgan fingerprint density at radius 2 is 1.73 bits per heavy atom. The van der Waals surface area contributed by atoms with Gasteiger partial charge in [0.25, 0.3) is 11.5 Å². The molecule has 0 saturated heterocycles. The van der Waals surface area contributed by atoms with Gasteiger partial charge in [0.15, 0.2) is 11.5 Å². The van der Waals surface area contributed by atoms with Gasteiger partial charge >= 0.3 is 0 Å². The highest BCUT2D eigenvalue weighted by molar-refractivity contribution is 6.30. The number of hydrogen-bond acceptors (Lipinski definition) is 4. The van der Waals surface area contributed by atoms with E-state index in [0.717, 1.165) is 10.9 Å². The number of amides is 1. The Morgan fingerprint density at radius 3 is 2.48 bits per heavy atom.